The van der Waals surface area contributed by atoms with Crippen LogP contribution in [0.2, 0.25) is 0 Å². The summed E-state index contributed by atoms with van der Waals surface area (Å²) < 4.78 is 0. The molecule has 5 aromatic rings. The fourth-order valence-electron chi connectivity index (χ4n) is 8.88. The van der Waals surface area contributed by atoms with Gasteiger partial charge < -0.3 is 79.3 Å². The van der Waals surface area contributed by atoms with E-state index in [0.717, 1.165) is 0 Å². The zero-order valence-electron chi connectivity index (χ0n) is 47.1. The van der Waals surface area contributed by atoms with Crippen LogP contribution < -0.4 is 54.0 Å². The van der Waals surface area contributed by atoms with E-state index in [1.165, 1.54) is 48.6 Å². The largest absolute Gasteiger partial charge is 0.508 e. The van der Waals surface area contributed by atoms with Crippen LogP contribution in [0.4, 0.5) is 0 Å². The van der Waals surface area contributed by atoms with Gasteiger partial charge in [-0.2, -0.15) is 11.8 Å². The topological polar surface area (TPSA) is 441 Å². The van der Waals surface area contributed by atoms with Gasteiger partial charge in [-0.3, -0.25) is 47.9 Å². The average Bonchev–Trinajstić information content (AvgIpc) is 4.30. The number of hydrogen-bond donors (Lipinski definition) is 15. The number of aromatic nitrogens is 3. The third-order valence-corrected chi connectivity index (χ3v) is 14.0. The molecule has 27 nitrogen and oxygen atoms in total. The van der Waals surface area contributed by atoms with E-state index >= 15 is 0 Å². The summed E-state index contributed by atoms with van der Waals surface area (Å²) in [6, 6.07) is 9.51. The van der Waals surface area contributed by atoms with Gasteiger partial charge in [-0.15, -0.1) is 0 Å². The van der Waals surface area contributed by atoms with E-state index in [2.05, 4.69) is 57.5 Å². The van der Waals surface area contributed by atoms with Crippen molar-refractivity contribution in [2.45, 2.75) is 120 Å². The van der Waals surface area contributed by atoms with Crippen LogP contribution >= 0.6 is 11.8 Å². The van der Waals surface area contributed by atoms with Gasteiger partial charge in [0.15, 0.2) is 0 Å². The first-order chi connectivity index (χ1) is 40.5. The molecule has 0 bridgehead atoms. The highest BCUT2D eigenvalue weighted by Crippen LogP contribution is 2.20. The van der Waals surface area contributed by atoms with Crippen molar-refractivity contribution in [3.8, 4) is 5.75 Å². The summed E-state index contributed by atoms with van der Waals surface area (Å²) in [6.45, 7) is 2.75. The van der Waals surface area contributed by atoms with Gasteiger partial charge in [0, 0.05) is 61.1 Å². The van der Waals surface area contributed by atoms with Crippen LogP contribution in [0.15, 0.2) is 97.6 Å². The van der Waals surface area contributed by atoms with Gasteiger partial charge >= 0.3 is 11.9 Å². The van der Waals surface area contributed by atoms with Crippen molar-refractivity contribution in [3.05, 3.63) is 120 Å². The molecule has 85 heavy (non-hydrogen) atoms. The summed E-state index contributed by atoms with van der Waals surface area (Å²) in [5.74, 6) is -10.7. The number of hydrogen-bond acceptors (Lipinski definition) is 15. The molecule has 0 aliphatic heterocycles. The minimum Gasteiger partial charge on any atom is -0.508 e. The first-order valence-electron chi connectivity index (χ1n) is 27.2. The molecule has 2 aromatic heterocycles. The number of aromatic hydroxyl groups is 1. The number of para-hydroxylation sites is 1. The molecule has 0 saturated heterocycles. The van der Waals surface area contributed by atoms with Gasteiger partial charge in [-0.05, 0) is 72.1 Å². The molecule has 0 fully saturated rings. The molecule has 2 heterocycles. The molecule has 456 valence electrons. The number of imidazole rings is 1. The van der Waals surface area contributed by atoms with Gasteiger partial charge in [-0.1, -0.05) is 74.5 Å². The van der Waals surface area contributed by atoms with Crippen molar-refractivity contribution in [2.24, 2.45) is 17.4 Å². The predicted molar refractivity (Wildman–Crippen MR) is 312 cm³/mol. The first-order valence-corrected chi connectivity index (χ1v) is 28.6. The number of rotatable bonds is 35. The van der Waals surface area contributed by atoms with Gasteiger partial charge in [0.05, 0.1) is 25.3 Å². The second-order valence-corrected chi connectivity index (χ2v) is 21.6. The van der Waals surface area contributed by atoms with Crippen molar-refractivity contribution >= 4 is 87.8 Å². The van der Waals surface area contributed by atoms with E-state index < -0.39 is 126 Å². The highest BCUT2D eigenvalue weighted by Gasteiger charge is 2.36. The Morgan fingerprint density at radius 1 is 0.600 bits per heavy atom. The molecular formula is C57H73N13O14S. The number of nitrogens with two attached hydrogens (primary N) is 2. The number of carboxylic acids is 2. The summed E-state index contributed by atoms with van der Waals surface area (Å²) in [7, 11) is 0. The van der Waals surface area contributed by atoms with Crippen LogP contribution in [0.3, 0.4) is 0 Å². The molecule has 0 aliphatic rings. The lowest BCUT2D eigenvalue weighted by Gasteiger charge is -2.27. The highest BCUT2D eigenvalue weighted by molar-refractivity contribution is 7.98. The summed E-state index contributed by atoms with van der Waals surface area (Å²) in [4.78, 5) is 158. The normalized spacial score (nSPS) is 13.9. The van der Waals surface area contributed by atoms with Gasteiger partial charge in [0.2, 0.25) is 53.2 Å². The number of H-pyrrole nitrogens is 2. The molecule has 8 atom stereocenters. The van der Waals surface area contributed by atoms with Crippen LogP contribution in [-0.4, -0.2) is 162 Å². The number of fused-ring (bicyclic) bond motifs is 1. The number of thioether (sulfide) groups is 1. The Morgan fingerprint density at radius 3 is 1.72 bits per heavy atom. The van der Waals surface area contributed by atoms with Gasteiger partial charge in [0.1, 0.15) is 48.0 Å². The molecule has 0 radical (unpaired) electrons. The van der Waals surface area contributed by atoms with Gasteiger partial charge in [0.25, 0.3) is 0 Å². The van der Waals surface area contributed by atoms with Crippen LogP contribution in [0.1, 0.15) is 68.3 Å². The maximum atomic E-state index is 15.0. The molecule has 0 unspecified atom stereocenters. The number of phenolic OH excluding ortho intramolecular Hbond substituents is 1. The molecule has 5 rings (SSSR count). The zero-order valence-corrected chi connectivity index (χ0v) is 47.9. The Bertz CT molecular complexity index is 3110. The number of carboxylic acid groups (broad SMARTS) is 2. The maximum absolute atomic E-state index is 15.0. The van der Waals surface area contributed by atoms with Crippen molar-refractivity contribution in [2.75, 3.05) is 18.6 Å². The number of carbonyl (C=O) groups excluding carboxylic acids is 9. The molecule has 9 amide bonds. The van der Waals surface area contributed by atoms with E-state index in [-0.39, 0.29) is 63.0 Å². The molecular weight excluding hydrogens is 1120 g/mol. The molecule has 28 heteroatoms. The standard InChI is InChI=1S/C57H73N13O14S/c1-31(2)21-46(57(83)84)70-56(82)45(26-49(74)75)69-53(79)42(22-32-9-5-4-6-10-32)66-55(81)44(25-35-28-60-30-63-35)68-54(80)43(24-34-27-61-39-12-8-7-11-37(34)39)67-52(78)41(23-33-13-15-36(71)16-14-33)64-48(73)29-62-51(77)40(19-20-85-3)65-50(76)38(58)17-18-47(59)72/h4-16,27-28,30-31,38,40-46,61,71H,17-26,29,58H2,1-3H3,(H2,59,72)(H,60,63)(H,62,77)(H,64,73)(H,65,76)(H,66,81)(H,67,78)(H,68,80)(H,69,79)(H,70,82)(H,74,75)(H,83,84)/t38-,40-,41-,42-,43-,44-,45-,46-/m0/s1. The lowest BCUT2D eigenvalue weighted by Crippen LogP contribution is -2.61. The maximum Gasteiger partial charge on any atom is 0.326 e. The number of amides is 9. The van der Waals surface area contributed by atoms with Crippen LogP contribution in [-0.2, 0) is 78.4 Å². The predicted octanol–water partition coefficient (Wildman–Crippen LogP) is -0.672. The van der Waals surface area contributed by atoms with Crippen LogP contribution in [0.25, 0.3) is 10.9 Å². The molecule has 0 spiro atoms. The van der Waals surface area contributed by atoms with E-state index in [0.29, 0.717) is 39.0 Å². The molecule has 0 aliphatic carbocycles. The summed E-state index contributed by atoms with van der Waals surface area (Å²) >= 11 is 1.39. The van der Waals surface area contributed by atoms with Crippen molar-refractivity contribution in [1.82, 2.24) is 57.5 Å². The highest BCUT2D eigenvalue weighted by atomic mass is 32.2. The number of primary amides is 1. The Morgan fingerprint density at radius 2 is 1.14 bits per heavy atom. The lowest BCUT2D eigenvalue weighted by atomic mass is 10.0. The van der Waals surface area contributed by atoms with Crippen molar-refractivity contribution < 1.29 is 68.1 Å². The number of benzene rings is 3. The third kappa shape index (κ3) is 22.1. The quantitative estimate of drug-likeness (QED) is 0.0239. The smallest absolute Gasteiger partial charge is 0.326 e. The number of carbonyl (C=O) groups is 11. The molecule has 17 N–H and O–H groups in total. The monoisotopic (exact) mass is 1200 g/mol. The second-order valence-electron chi connectivity index (χ2n) is 20.6. The number of aromatic amines is 2. The van der Waals surface area contributed by atoms with Crippen molar-refractivity contribution in [1.29, 1.82) is 0 Å². The van der Waals surface area contributed by atoms with Crippen molar-refractivity contribution in [3.63, 3.8) is 0 Å². The van der Waals surface area contributed by atoms with E-state index in [1.807, 2.05) is 0 Å². The zero-order chi connectivity index (χ0) is 62.2. The van der Waals surface area contributed by atoms with E-state index in [1.54, 1.807) is 80.9 Å². The molecule has 0 saturated carbocycles. The van der Waals surface area contributed by atoms with E-state index in [4.69, 9.17) is 11.5 Å². The average molecular weight is 1200 g/mol. The number of aliphatic carboxylic acids is 2. The Labute approximate surface area is 493 Å². The SMILES string of the molecule is CSCC[C@H](NC(=O)[C@@H](N)CCC(N)=O)C(=O)NCC(=O)N[C@@H](Cc1ccc(O)cc1)C(=O)N[C@@H](Cc1c[nH]c2ccccc12)C(=O)N[C@@H](Cc1cnc[nH]1)C(=O)N[C@@H](Cc1ccccc1)C(=O)N[C@@H](CC(=O)O)C(=O)N[C@@H](CC(C)C)C(=O)O. The molecule has 3 aromatic carbocycles. The Kier molecular flexibility index (Phi) is 25.9. The van der Waals surface area contributed by atoms with Crippen LogP contribution in [0.5, 0.6) is 5.75 Å². The first kappa shape index (κ1) is 66.5. The third-order valence-electron chi connectivity index (χ3n) is 13.3. The fourth-order valence-corrected chi connectivity index (χ4v) is 9.35. The lowest BCUT2D eigenvalue weighted by molar-refractivity contribution is -0.144. The second kappa shape index (κ2) is 33.1. The van der Waals surface area contributed by atoms with E-state index in [9.17, 15) is 68.1 Å². The minimum atomic E-state index is -1.81. The summed E-state index contributed by atoms with van der Waals surface area (Å²) in [5, 5.41) is 50.7. The summed E-state index contributed by atoms with van der Waals surface area (Å²) in [6.07, 6.45) is 4.09. The fraction of sp³-hybridized carbons (Fsp3) is 0.404. The van der Waals surface area contributed by atoms with Crippen LogP contribution in [0, 0.1) is 5.92 Å². The Hall–Kier alpha value is -9.31. The minimum absolute atomic E-state index is 0.0142. The summed E-state index contributed by atoms with van der Waals surface area (Å²) in [5.41, 5.74) is 13.7. The van der Waals surface area contributed by atoms with Gasteiger partial charge in [-0.25, -0.2) is 9.78 Å². The Balaban J connectivity index is 1.44. The number of nitrogens with zero attached hydrogens (tertiary/aromatic N) is 1. The number of nitrogens with one attached hydrogen (secondary N) is 10. The number of phenols is 1.